The van der Waals surface area contributed by atoms with Crippen LogP contribution in [-0.4, -0.2) is 0 Å². The summed E-state index contributed by atoms with van der Waals surface area (Å²) in [5.74, 6) is 5.96. The first kappa shape index (κ1) is 12.4. The Bertz CT molecular complexity index is 406. The van der Waals surface area contributed by atoms with E-state index in [4.69, 9.17) is 0 Å². The molecule has 0 aromatic heterocycles. The molecule has 0 amide bonds. The van der Waals surface area contributed by atoms with Gasteiger partial charge in [-0.05, 0) is 37.7 Å². The van der Waals surface area contributed by atoms with Crippen molar-refractivity contribution >= 4 is 0 Å². The zero-order valence-corrected chi connectivity index (χ0v) is 9.88. The molecule has 0 bridgehead atoms. The first-order valence-corrected chi connectivity index (χ1v) is 5.63. The monoisotopic (exact) mass is 212 g/mol. The van der Waals surface area contributed by atoms with Crippen molar-refractivity contribution in [2.24, 2.45) is 11.3 Å². The molecule has 0 aromatic carbocycles. The number of allylic oxidation sites excluding steroid dienone is 2. The summed E-state index contributed by atoms with van der Waals surface area (Å²) in [4.78, 5) is 0. The Labute approximate surface area is 97.6 Å². The van der Waals surface area contributed by atoms with E-state index in [-0.39, 0.29) is 0 Å². The van der Waals surface area contributed by atoms with Gasteiger partial charge in [0.15, 0.2) is 5.41 Å². The van der Waals surface area contributed by atoms with Crippen molar-refractivity contribution in [3.8, 4) is 24.0 Å². The standard InChI is InChI=1S/C14H16N2/c1-3-4-9-14(10-15,11-16)13-8-6-5-7-12(13)2/h8,12H,5-7,9H2,1-2H3. The Morgan fingerprint density at radius 3 is 2.62 bits per heavy atom. The normalized spacial score (nSPS) is 19.8. The van der Waals surface area contributed by atoms with Crippen LogP contribution in [0.25, 0.3) is 0 Å². The van der Waals surface area contributed by atoms with Gasteiger partial charge in [0.1, 0.15) is 0 Å². The van der Waals surface area contributed by atoms with Crippen LogP contribution in [0, 0.1) is 45.8 Å². The molecule has 0 spiro atoms. The Hall–Kier alpha value is -1.72. The maximum absolute atomic E-state index is 9.29. The number of nitrogens with zero attached hydrogens (tertiary/aromatic N) is 2. The van der Waals surface area contributed by atoms with Gasteiger partial charge in [0.25, 0.3) is 0 Å². The molecule has 1 rings (SSSR count). The SMILES string of the molecule is CC#CCC(C#N)(C#N)C1=CCCCC1C. The Kier molecular flexibility index (Phi) is 4.16. The number of hydrogen-bond donors (Lipinski definition) is 0. The average molecular weight is 212 g/mol. The molecule has 0 aliphatic heterocycles. The van der Waals surface area contributed by atoms with E-state index in [1.165, 1.54) is 0 Å². The van der Waals surface area contributed by atoms with Crippen LogP contribution in [0.5, 0.6) is 0 Å². The summed E-state index contributed by atoms with van der Waals surface area (Å²) >= 11 is 0. The van der Waals surface area contributed by atoms with Crippen molar-refractivity contribution < 1.29 is 0 Å². The van der Waals surface area contributed by atoms with E-state index in [0.717, 1.165) is 24.8 Å². The minimum Gasteiger partial charge on any atom is -0.196 e. The maximum Gasteiger partial charge on any atom is 0.175 e. The molecule has 0 radical (unpaired) electrons. The molecule has 0 heterocycles. The lowest BCUT2D eigenvalue weighted by molar-refractivity contribution is 0.462. The molecule has 16 heavy (non-hydrogen) atoms. The third kappa shape index (κ3) is 2.26. The summed E-state index contributed by atoms with van der Waals surface area (Å²) in [6, 6.07) is 4.34. The maximum atomic E-state index is 9.29. The predicted octanol–water partition coefficient (Wildman–Crippen LogP) is 3.18. The molecule has 1 aliphatic carbocycles. The summed E-state index contributed by atoms with van der Waals surface area (Å²) in [6.07, 6.45) is 5.59. The predicted molar refractivity (Wildman–Crippen MR) is 62.8 cm³/mol. The highest BCUT2D eigenvalue weighted by molar-refractivity contribution is 5.37. The fourth-order valence-electron chi connectivity index (χ4n) is 2.19. The van der Waals surface area contributed by atoms with Crippen LogP contribution in [0.4, 0.5) is 0 Å². The third-order valence-corrected chi connectivity index (χ3v) is 3.14. The van der Waals surface area contributed by atoms with E-state index >= 15 is 0 Å². The van der Waals surface area contributed by atoms with Gasteiger partial charge in [0.05, 0.1) is 12.1 Å². The van der Waals surface area contributed by atoms with Crippen LogP contribution in [0.3, 0.4) is 0 Å². The molecule has 0 saturated heterocycles. The minimum atomic E-state index is -1.02. The second-order valence-corrected chi connectivity index (χ2v) is 4.22. The molecule has 1 aliphatic rings. The largest absolute Gasteiger partial charge is 0.196 e. The fraction of sp³-hybridized carbons (Fsp3) is 0.571. The van der Waals surface area contributed by atoms with Crippen molar-refractivity contribution in [3.05, 3.63) is 11.6 Å². The number of nitriles is 2. The van der Waals surface area contributed by atoms with E-state index < -0.39 is 5.41 Å². The zero-order chi connectivity index (χ0) is 12.0. The van der Waals surface area contributed by atoms with Crippen LogP contribution < -0.4 is 0 Å². The summed E-state index contributed by atoms with van der Waals surface area (Å²) in [7, 11) is 0. The average Bonchev–Trinajstić information content (AvgIpc) is 2.33. The highest BCUT2D eigenvalue weighted by Gasteiger charge is 2.37. The molecule has 0 saturated carbocycles. The number of rotatable bonds is 2. The smallest absolute Gasteiger partial charge is 0.175 e. The van der Waals surface area contributed by atoms with Crippen LogP contribution in [0.15, 0.2) is 11.6 Å². The minimum absolute atomic E-state index is 0.326. The van der Waals surface area contributed by atoms with Crippen molar-refractivity contribution in [2.75, 3.05) is 0 Å². The van der Waals surface area contributed by atoms with Gasteiger partial charge in [-0.2, -0.15) is 10.5 Å². The van der Waals surface area contributed by atoms with E-state index in [9.17, 15) is 10.5 Å². The number of hydrogen-bond acceptors (Lipinski definition) is 2. The molecular weight excluding hydrogens is 196 g/mol. The molecular formula is C14H16N2. The highest BCUT2D eigenvalue weighted by atomic mass is 14.4. The van der Waals surface area contributed by atoms with E-state index in [2.05, 4.69) is 37.0 Å². The Balaban J connectivity index is 3.10. The van der Waals surface area contributed by atoms with Crippen LogP contribution >= 0.6 is 0 Å². The summed E-state index contributed by atoms with van der Waals surface area (Å²) < 4.78 is 0. The van der Waals surface area contributed by atoms with Crippen LogP contribution in [-0.2, 0) is 0 Å². The lowest BCUT2D eigenvalue weighted by Gasteiger charge is -2.28. The van der Waals surface area contributed by atoms with Gasteiger partial charge >= 0.3 is 0 Å². The van der Waals surface area contributed by atoms with Gasteiger partial charge in [-0.15, -0.1) is 11.8 Å². The lowest BCUT2D eigenvalue weighted by Crippen LogP contribution is -2.25. The van der Waals surface area contributed by atoms with Gasteiger partial charge in [-0.3, -0.25) is 0 Å². The van der Waals surface area contributed by atoms with Crippen molar-refractivity contribution in [2.45, 2.75) is 39.5 Å². The highest BCUT2D eigenvalue weighted by Crippen LogP contribution is 2.39. The zero-order valence-electron chi connectivity index (χ0n) is 9.88. The topological polar surface area (TPSA) is 47.6 Å². The van der Waals surface area contributed by atoms with Crippen molar-refractivity contribution in [3.63, 3.8) is 0 Å². The fourth-order valence-corrected chi connectivity index (χ4v) is 2.19. The Morgan fingerprint density at radius 1 is 1.44 bits per heavy atom. The van der Waals surface area contributed by atoms with E-state index in [0.29, 0.717) is 12.3 Å². The molecule has 0 aromatic rings. The molecule has 0 N–H and O–H groups in total. The summed E-state index contributed by atoms with van der Waals surface area (Å²) in [5, 5.41) is 18.6. The Morgan fingerprint density at radius 2 is 2.12 bits per heavy atom. The molecule has 2 heteroatoms. The second-order valence-electron chi connectivity index (χ2n) is 4.22. The molecule has 82 valence electrons. The van der Waals surface area contributed by atoms with Gasteiger partial charge in [-0.25, -0.2) is 0 Å². The van der Waals surface area contributed by atoms with Crippen LogP contribution in [0.2, 0.25) is 0 Å². The van der Waals surface area contributed by atoms with Crippen LogP contribution in [0.1, 0.15) is 39.5 Å². The van der Waals surface area contributed by atoms with Gasteiger partial charge in [0, 0.05) is 6.42 Å². The van der Waals surface area contributed by atoms with Gasteiger partial charge in [-0.1, -0.05) is 13.0 Å². The second kappa shape index (κ2) is 5.39. The molecule has 0 fully saturated rings. The third-order valence-electron chi connectivity index (χ3n) is 3.14. The van der Waals surface area contributed by atoms with Gasteiger partial charge in [0.2, 0.25) is 0 Å². The van der Waals surface area contributed by atoms with E-state index in [1.54, 1.807) is 6.92 Å². The summed E-state index contributed by atoms with van der Waals surface area (Å²) in [5.41, 5.74) is -0.0467. The first-order valence-electron chi connectivity index (χ1n) is 5.63. The molecule has 1 atom stereocenters. The van der Waals surface area contributed by atoms with Crippen molar-refractivity contribution in [1.29, 1.82) is 10.5 Å². The quantitative estimate of drug-likeness (QED) is 0.521. The summed E-state index contributed by atoms with van der Waals surface area (Å²) in [6.45, 7) is 3.83. The van der Waals surface area contributed by atoms with Crippen molar-refractivity contribution in [1.82, 2.24) is 0 Å². The lowest BCUT2D eigenvalue weighted by atomic mass is 9.71. The van der Waals surface area contributed by atoms with E-state index in [1.807, 2.05) is 0 Å². The first-order chi connectivity index (χ1) is 7.70. The molecule has 1 unspecified atom stereocenters. The van der Waals surface area contributed by atoms with Gasteiger partial charge < -0.3 is 0 Å². The molecule has 2 nitrogen and oxygen atoms in total.